The molecule has 1 aromatic rings. The van der Waals surface area contributed by atoms with E-state index in [9.17, 15) is 0 Å². The summed E-state index contributed by atoms with van der Waals surface area (Å²) in [4.78, 5) is 6.85. The van der Waals surface area contributed by atoms with E-state index in [1.165, 1.54) is 49.9 Å². The minimum atomic E-state index is 0.564. The molecule has 1 atom stereocenters. The van der Waals surface area contributed by atoms with Crippen LogP contribution in [0.3, 0.4) is 0 Å². The summed E-state index contributed by atoms with van der Waals surface area (Å²) in [6.45, 7) is 6.84. The normalized spacial score (nSPS) is 20.9. The fraction of sp³-hybridized carbons (Fsp3) is 0.643. The summed E-state index contributed by atoms with van der Waals surface area (Å²) in [5, 5.41) is 0. The van der Waals surface area contributed by atoms with Gasteiger partial charge < -0.3 is 5.73 Å². The van der Waals surface area contributed by atoms with Gasteiger partial charge in [0.15, 0.2) is 0 Å². The average molecular weight is 233 g/mol. The fourth-order valence-corrected chi connectivity index (χ4v) is 2.74. The molecule has 1 aromatic heterocycles. The number of pyridine rings is 1. The van der Waals surface area contributed by atoms with Crippen LogP contribution in [-0.4, -0.2) is 23.0 Å². The Balaban J connectivity index is 2.14. The lowest BCUT2D eigenvalue weighted by atomic mass is 10.0. The third-order valence-corrected chi connectivity index (χ3v) is 3.69. The highest BCUT2D eigenvalue weighted by atomic mass is 15.2. The summed E-state index contributed by atoms with van der Waals surface area (Å²) in [5.41, 5.74) is 8.37. The van der Waals surface area contributed by atoms with Crippen molar-refractivity contribution >= 4 is 5.82 Å². The molecule has 1 saturated heterocycles. The van der Waals surface area contributed by atoms with Crippen LogP contribution in [0.4, 0.5) is 5.82 Å². The van der Waals surface area contributed by atoms with Gasteiger partial charge in [0.2, 0.25) is 0 Å². The van der Waals surface area contributed by atoms with Crippen molar-refractivity contribution in [1.82, 2.24) is 9.88 Å². The first-order valence-electron chi connectivity index (χ1n) is 6.68. The predicted octanol–water partition coefficient (Wildman–Crippen LogP) is 2.91. The Labute approximate surface area is 104 Å². The number of aryl methyl sites for hydroxylation is 1. The van der Waals surface area contributed by atoms with Gasteiger partial charge in [-0.3, -0.25) is 4.90 Å². The molecule has 17 heavy (non-hydrogen) atoms. The predicted molar refractivity (Wildman–Crippen MR) is 71.8 cm³/mol. The van der Waals surface area contributed by atoms with Crippen molar-refractivity contribution in [3.63, 3.8) is 0 Å². The Morgan fingerprint density at radius 2 is 2.35 bits per heavy atom. The average Bonchev–Trinajstić information content (AvgIpc) is 2.74. The van der Waals surface area contributed by atoms with E-state index >= 15 is 0 Å². The highest BCUT2D eigenvalue weighted by Gasteiger charge is 2.26. The van der Waals surface area contributed by atoms with Crippen molar-refractivity contribution in [3.8, 4) is 0 Å². The number of hydrogen-bond donors (Lipinski definition) is 1. The van der Waals surface area contributed by atoms with Gasteiger partial charge in [0.25, 0.3) is 0 Å². The molecule has 0 aromatic carbocycles. The first kappa shape index (κ1) is 12.4. The molecular weight excluding hydrogens is 210 g/mol. The van der Waals surface area contributed by atoms with Crippen LogP contribution in [0.5, 0.6) is 0 Å². The third kappa shape index (κ3) is 2.78. The molecule has 2 rings (SSSR count). The molecule has 0 aliphatic carbocycles. The number of nitrogen functional groups attached to an aromatic ring is 1. The fourth-order valence-electron chi connectivity index (χ4n) is 2.74. The first-order valence-corrected chi connectivity index (χ1v) is 6.68. The highest BCUT2D eigenvalue weighted by Crippen LogP contribution is 2.33. The van der Waals surface area contributed by atoms with E-state index < -0.39 is 0 Å². The number of rotatable bonds is 4. The second-order valence-electron chi connectivity index (χ2n) is 5.01. The van der Waals surface area contributed by atoms with Crippen molar-refractivity contribution in [2.45, 2.75) is 45.6 Å². The van der Waals surface area contributed by atoms with Crippen LogP contribution in [0.15, 0.2) is 12.3 Å². The van der Waals surface area contributed by atoms with E-state index in [2.05, 4.69) is 23.7 Å². The Hall–Kier alpha value is -1.09. The lowest BCUT2D eigenvalue weighted by Crippen LogP contribution is -2.25. The van der Waals surface area contributed by atoms with Gasteiger partial charge in [-0.2, -0.15) is 0 Å². The van der Waals surface area contributed by atoms with E-state index in [-0.39, 0.29) is 0 Å². The van der Waals surface area contributed by atoms with Gasteiger partial charge in [-0.1, -0.05) is 13.3 Å². The number of unbranched alkanes of at least 4 members (excludes halogenated alkanes) is 1. The Morgan fingerprint density at radius 3 is 3.06 bits per heavy atom. The van der Waals surface area contributed by atoms with Crippen LogP contribution in [-0.2, 0) is 0 Å². The summed E-state index contributed by atoms with van der Waals surface area (Å²) in [6, 6.07) is 2.56. The van der Waals surface area contributed by atoms with Gasteiger partial charge in [0, 0.05) is 12.2 Å². The number of anilines is 1. The topological polar surface area (TPSA) is 42.2 Å². The van der Waals surface area contributed by atoms with E-state index in [0.29, 0.717) is 11.9 Å². The quantitative estimate of drug-likeness (QED) is 0.869. The first-order chi connectivity index (χ1) is 8.22. The molecule has 94 valence electrons. The summed E-state index contributed by atoms with van der Waals surface area (Å²) >= 11 is 0. The molecule has 0 radical (unpaired) electrons. The maximum atomic E-state index is 5.72. The SMILES string of the molecule is CCCCN1CCC[C@H]1c1cnc(N)cc1C. The van der Waals surface area contributed by atoms with Gasteiger partial charge in [-0.15, -0.1) is 0 Å². The van der Waals surface area contributed by atoms with Crippen molar-refractivity contribution in [1.29, 1.82) is 0 Å². The molecule has 0 spiro atoms. The molecular formula is C14H23N3. The minimum Gasteiger partial charge on any atom is -0.384 e. The number of aromatic nitrogens is 1. The number of likely N-dealkylation sites (tertiary alicyclic amines) is 1. The smallest absolute Gasteiger partial charge is 0.123 e. The van der Waals surface area contributed by atoms with Gasteiger partial charge >= 0.3 is 0 Å². The second kappa shape index (κ2) is 5.50. The minimum absolute atomic E-state index is 0.564. The van der Waals surface area contributed by atoms with Crippen molar-refractivity contribution in [3.05, 3.63) is 23.4 Å². The zero-order valence-corrected chi connectivity index (χ0v) is 10.9. The number of nitrogens with two attached hydrogens (primary N) is 1. The molecule has 1 aliphatic heterocycles. The molecule has 2 N–H and O–H groups in total. The van der Waals surface area contributed by atoms with Gasteiger partial charge in [0.1, 0.15) is 5.82 Å². The Kier molecular flexibility index (Phi) is 4.00. The highest BCUT2D eigenvalue weighted by molar-refractivity contribution is 5.37. The standard InChI is InChI=1S/C14H23N3/c1-3-4-7-17-8-5-6-13(17)12-10-16-14(15)9-11(12)2/h9-10,13H,3-8H2,1-2H3,(H2,15,16)/t13-/m0/s1. The van der Waals surface area contributed by atoms with E-state index in [1.807, 2.05) is 12.3 Å². The van der Waals surface area contributed by atoms with E-state index in [1.54, 1.807) is 0 Å². The summed E-state index contributed by atoms with van der Waals surface area (Å²) in [7, 11) is 0. The van der Waals surface area contributed by atoms with Crippen LogP contribution in [0.2, 0.25) is 0 Å². The number of nitrogens with zero attached hydrogens (tertiary/aromatic N) is 2. The molecule has 2 heterocycles. The van der Waals surface area contributed by atoms with Gasteiger partial charge in [-0.25, -0.2) is 4.98 Å². The molecule has 0 bridgehead atoms. The molecule has 0 amide bonds. The van der Waals surface area contributed by atoms with Crippen molar-refractivity contribution in [2.75, 3.05) is 18.8 Å². The van der Waals surface area contributed by atoms with Crippen LogP contribution in [0, 0.1) is 6.92 Å². The van der Waals surface area contributed by atoms with Crippen LogP contribution >= 0.6 is 0 Å². The van der Waals surface area contributed by atoms with E-state index in [4.69, 9.17) is 5.73 Å². The molecule has 3 nitrogen and oxygen atoms in total. The monoisotopic (exact) mass is 233 g/mol. The van der Waals surface area contributed by atoms with Crippen LogP contribution in [0.25, 0.3) is 0 Å². The summed E-state index contributed by atoms with van der Waals surface area (Å²) < 4.78 is 0. The maximum Gasteiger partial charge on any atom is 0.123 e. The molecule has 0 saturated carbocycles. The van der Waals surface area contributed by atoms with Gasteiger partial charge in [0.05, 0.1) is 0 Å². The second-order valence-corrected chi connectivity index (χ2v) is 5.01. The van der Waals surface area contributed by atoms with Crippen molar-refractivity contribution in [2.24, 2.45) is 0 Å². The van der Waals surface area contributed by atoms with E-state index in [0.717, 1.165) is 0 Å². The lowest BCUT2D eigenvalue weighted by molar-refractivity contribution is 0.252. The van der Waals surface area contributed by atoms with Gasteiger partial charge in [-0.05, 0) is 56.5 Å². The molecule has 1 aliphatic rings. The van der Waals surface area contributed by atoms with Crippen molar-refractivity contribution < 1.29 is 0 Å². The largest absolute Gasteiger partial charge is 0.384 e. The van der Waals surface area contributed by atoms with Crippen LogP contribution < -0.4 is 5.73 Å². The maximum absolute atomic E-state index is 5.72. The molecule has 0 unspecified atom stereocenters. The molecule has 1 fully saturated rings. The molecule has 3 heteroatoms. The lowest BCUT2D eigenvalue weighted by Gasteiger charge is -2.25. The third-order valence-electron chi connectivity index (χ3n) is 3.69. The number of hydrogen-bond acceptors (Lipinski definition) is 3. The zero-order valence-electron chi connectivity index (χ0n) is 10.9. The Bertz CT molecular complexity index is 376. The Morgan fingerprint density at radius 1 is 1.53 bits per heavy atom. The summed E-state index contributed by atoms with van der Waals surface area (Å²) in [5.74, 6) is 0.629. The van der Waals surface area contributed by atoms with Crippen LogP contribution in [0.1, 0.15) is 49.8 Å². The zero-order chi connectivity index (χ0) is 12.3. The summed E-state index contributed by atoms with van der Waals surface area (Å²) in [6.07, 6.45) is 7.09.